The Labute approximate surface area is 165 Å². The van der Waals surface area contributed by atoms with Crippen molar-refractivity contribution in [2.75, 3.05) is 33.9 Å². The number of nitrogens with one attached hydrogen (secondary N) is 1. The van der Waals surface area contributed by atoms with Crippen molar-refractivity contribution in [1.29, 1.82) is 0 Å². The maximum absolute atomic E-state index is 12.3. The van der Waals surface area contributed by atoms with Crippen LogP contribution < -0.4 is 14.8 Å². The lowest BCUT2D eigenvalue weighted by Crippen LogP contribution is -2.38. The van der Waals surface area contributed by atoms with Crippen LogP contribution in [0.1, 0.15) is 23.5 Å². The topological polar surface area (TPSA) is 67.9 Å². The highest BCUT2D eigenvalue weighted by Crippen LogP contribution is 2.28. The molecular weight excluding hydrogens is 356 g/mol. The Kier molecular flexibility index (Phi) is 6.53. The van der Waals surface area contributed by atoms with E-state index in [4.69, 9.17) is 9.47 Å². The van der Waals surface area contributed by atoms with E-state index in [9.17, 15) is 9.59 Å². The first-order chi connectivity index (χ1) is 13.6. The number of carbonyl (C=O) groups excluding carboxylic acids is 2. The lowest BCUT2D eigenvalue weighted by molar-refractivity contribution is -0.133. The lowest BCUT2D eigenvalue weighted by atomic mass is 9.99. The molecule has 1 fully saturated rings. The van der Waals surface area contributed by atoms with Crippen LogP contribution in [-0.2, 0) is 16.0 Å². The van der Waals surface area contributed by atoms with Gasteiger partial charge in [0.05, 0.1) is 20.8 Å². The summed E-state index contributed by atoms with van der Waals surface area (Å²) >= 11 is 0. The normalized spacial score (nSPS) is 16.1. The molecule has 148 valence electrons. The summed E-state index contributed by atoms with van der Waals surface area (Å²) in [7, 11) is 3.19. The van der Waals surface area contributed by atoms with Crippen molar-refractivity contribution in [1.82, 2.24) is 10.2 Å². The minimum Gasteiger partial charge on any atom is -0.493 e. The molecule has 1 aliphatic rings. The van der Waals surface area contributed by atoms with Crippen LogP contribution >= 0.6 is 0 Å². The second-order valence-electron chi connectivity index (χ2n) is 6.88. The van der Waals surface area contributed by atoms with Gasteiger partial charge in [0.1, 0.15) is 0 Å². The van der Waals surface area contributed by atoms with Crippen LogP contribution in [0.3, 0.4) is 0 Å². The quantitative estimate of drug-likeness (QED) is 0.761. The van der Waals surface area contributed by atoms with Crippen molar-refractivity contribution < 1.29 is 19.1 Å². The number of rotatable bonds is 8. The van der Waals surface area contributed by atoms with Crippen molar-refractivity contribution in [3.63, 3.8) is 0 Å². The molecule has 0 bridgehead atoms. The zero-order chi connectivity index (χ0) is 19.9. The third kappa shape index (κ3) is 4.82. The fraction of sp³-hybridized carbons (Fsp3) is 0.364. The van der Waals surface area contributed by atoms with Gasteiger partial charge in [-0.3, -0.25) is 9.59 Å². The van der Waals surface area contributed by atoms with Crippen molar-refractivity contribution in [3.05, 3.63) is 59.7 Å². The molecule has 1 atom stereocenters. The minimum absolute atomic E-state index is 0.0314. The number of amides is 2. The van der Waals surface area contributed by atoms with Gasteiger partial charge in [-0.25, -0.2) is 0 Å². The van der Waals surface area contributed by atoms with Crippen molar-refractivity contribution in [2.24, 2.45) is 0 Å². The van der Waals surface area contributed by atoms with Gasteiger partial charge < -0.3 is 19.7 Å². The Morgan fingerprint density at radius 1 is 1.11 bits per heavy atom. The third-order valence-corrected chi connectivity index (χ3v) is 5.00. The van der Waals surface area contributed by atoms with E-state index in [1.165, 1.54) is 0 Å². The molecule has 2 aromatic carbocycles. The number of hydrogen-bond donors (Lipinski definition) is 1. The van der Waals surface area contributed by atoms with Crippen LogP contribution in [0.2, 0.25) is 0 Å². The van der Waals surface area contributed by atoms with Crippen LogP contribution in [-0.4, -0.2) is 50.6 Å². The first-order valence-electron chi connectivity index (χ1n) is 9.41. The molecule has 1 N–H and O–H groups in total. The Morgan fingerprint density at radius 3 is 2.57 bits per heavy atom. The van der Waals surface area contributed by atoms with Crippen LogP contribution in [0.4, 0.5) is 0 Å². The van der Waals surface area contributed by atoms with Crippen molar-refractivity contribution in [2.45, 2.75) is 18.8 Å². The fourth-order valence-electron chi connectivity index (χ4n) is 3.49. The summed E-state index contributed by atoms with van der Waals surface area (Å²) in [5.74, 6) is 1.40. The molecule has 0 aromatic heterocycles. The molecule has 0 aliphatic carbocycles. The molecule has 1 heterocycles. The minimum atomic E-state index is -0.137. The van der Waals surface area contributed by atoms with Gasteiger partial charge >= 0.3 is 0 Å². The Hall–Kier alpha value is -3.02. The number of likely N-dealkylation sites (tertiary alicyclic amines) is 1. The Bertz CT molecular complexity index is 823. The first kappa shape index (κ1) is 19.7. The van der Waals surface area contributed by atoms with E-state index >= 15 is 0 Å². The smallest absolute Gasteiger partial charge is 0.239 e. The maximum atomic E-state index is 12.3. The monoisotopic (exact) mass is 382 g/mol. The second-order valence-corrected chi connectivity index (χ2v) is 6.88. The SMILES string of the molecule is COc1ccc(CCNC(=O)CN2CC(c3ccccc3)CC2=O)cc1OC. The molecule has 2 aromatic rings. The zero-order valence-electron chi connectivity index (χ0n) is 16.3. The number of nitrogens with zero attached hydrogens (tertiary/aromatic N) is 1. The van der Waals surface area contributed by atoms with Gasteiger partial charge in [0.15, 0.2) is 11.5 Å². The van der Waals surface area contributed by atoms with Gasteiger partial charge in [-0.05, 0) is 29.7 Å². The summed E-state index contributed by atoms with van der Waals surface area (Å²) in [5.41, 5.74) is 2.19. The van der Waals surface area contributed by atoms with E-state index in [0.29, 0.717) is 37.4 Å². The van der Waals surface area contributed by atoms with Gasteiger partial charge in [-0.1, -0.05) is 36.4 Å². The van der Waals surface area contributed by atoms with E-state index in [-0.39, 0.29) is 24.3 Å². The molecule has 0 spiro atoms. The number of benzene rings is 2. The zero-order valence-corrected chi connectivity index (χ0v) is 16.3. The molecule has 1 unspecified atom stereocenters. The van der Waals surface area contributed by atoms with Crippen molar-refractivity contribution >= 4 is 11.8 Å². The van der Waals surface area contributed by atoms with E-state index in [1.807, 2.05) is 48.5 Å². The highest BCUT2D eigenvalue weighted by molar-refractivity contribution is 5.86. The predicted octanol–water partition coefficient (Wildman–Crippen LogP) is 2.38. The maximum Gasteiger partial charge on any atom is 0.239 e. The summed E-state index contributed by atoms with van der Waals surface area (Å²) in [5, 5.41) is 2.89. The average molecular weight is 382 g/mol. The van der Waals surface area contributed by atoms with Crippen LogP contribution in [0, 0.1) is 0 Å². The highest BCUT2D eigenvalue weighted by Gasteiger charge is 2.31. The summed E-state index contributed by atoms with van der Waals surface area (Å²) in [6.45, 7) is 1.19. The summed E-state index contributed by atoms with van der Waals surface area (Å²) in [6, 6.07) is 15.7. The number of ether oxygens (including phenoxy) is 2. The highest BCUT2D eigenvalue weighted by atomic mass is 16.5. The summed E-state index contributed by atoms with van der Waals surface area (Å²) in [6.07, 6.45) is 1.13. The molecule has 1 aliphatic heterocycles. The number of methoxy groups -OCH3 is 2. The standard InChI is InChI=1S/C22H26N2O4/c1-27-19-9-8-16(12-20(19)28-2)10-11-23-21(25)15-24-14-18(13-22(24)26)17-6-4-3-5-7-17/h3-9,12,18H,10-11,13-15H2,1-2H3,(H,23,25). The van der Waals surface area contributed by atoms with E-state index in [2.05, 4.69) is 5.32 Å². The molecular formula is C22H26N2O4. The summed E-state index contributed by atoms with van der Waals surface area (Å²) in [4.78, 5) is 26.1. The number of carbonyl (C=O) groups is 2. The lowest BCUT2D eigenvalue weighted by Gasteiger charge is -2.16. The third-order valence-electron chi connectivity index (χ3n) is 5.00. The molecule has 6 nitrogen and oxygen atoms in total. The van der Waals surface area contributed by atoms with Crippen molar-refractivity contribution in [3.8, 4) is 11.5 Å². The molecule has 0 saturated carbocycles. The van der Waals surface area contributed by atoms with Gasteiger partial charge in [0.2, 0.25) is 11.8 Å². The average Bonchev–Trinajstić information content (AvgIpc) is 3.08. The Morgan fingerprint density at radius 2 is 1.86 bits per heavy atom. The largest absolute Gasteiger partial charge is 0.493 e. The molecule has 3 rings (SSSR count). The predicted molar refractivity (Wildman–Crippen MR) is 107 cm³/mol. The van der Waals surface area contributed by atoms with E-state index in [1.54, 1.807) is 19.1 Å². The second kappa shape index (κ2) is 9.26. The fourth-order valence-corrected chi connectivity index (χ4v) is 3.49. The van der Waals surface area contributed by atoms with Crippen LogP contribution in [0.5, 0.6) is 11.5 Å². The molecule has 0 radical (unpaired) electrons. The number of hydrogen-bond acceptors (Lipinski definition) is 4. The van der Waals surface area contributed by atoms with Gasteiger partial charge in [0, 0.05) is 25.4 Å². The molecule has 2 amide bonds. The Balaban J connectivity index is 1.46. The van der Waals surface area contributed by atoms with Crippen LogP contribution in [0.25, 0.3) is 0 Å². The van der Waals surface area contributed by atoms with Gasteiger partial charge in [0.25, 0.3) is 0 Å². The summed E-state index contributed by atoms with van der Waals surface area (Å²) < 4.78 is 10.5. The molecule has 1 saturated heterocycles. The van der Waals surface area contributed by atoms with Gasteiger partial charge in [-0.2, -0.15) is 0 Å². The van der Waals surface area contributed by atoms with E-state index in [0.717, 1.165) is 11.1 Å². The van der Waals surface area contributed by atoms with E-state index < -0.39 is 0 Å². The first-order valence-corrected chi connectivity index (χ1v) is 9.41. The van der Waals surface area contributed by atoms with Crippen LogP contribution in [0.15, 0.2) is 48.5 Å². The van der Waals surface area contributed by atoms with Gasteiger partial charge in [-0.15, -0.1) is 0 Å². The molecule has 6 heteroatoms. The molecule has 28 heavy (non-hydrogen) atoms.